The molecular formula is C11H16ClNOS. The number of thioether (sulfide) groups is 1. The first-order valence-corrected chi connectivity index (χ1v) is 6.18. The van der Waals surface area contributed by atoms with Gasteiger partial charge in [-0.05, 0) is 31.3 Å². The van der Waals surface area contributed by atoms with Crippen LogP contribution in [0.25, 0.3) is 0 Å². The molecule has 0 saturated carbocycles. The predicted molar refractivity (Wildman–Crippen MR) is 66.9 cm³/mol. The van der Waals surface area contributed by atoms with Crippen LogP contribution >= 0.6 is 23.4 Å². The van der Waals surface area contributed by atoms with Crippen molar-refractivity contribution in [2.75, 3.05) is 26.5 Å². The van der Waals surface area contributed by atoms with E-state index in [1.54, 1.807) is 18.9 Å². The smallest absolute Gasteiger partial charge is 0.0789 e. The Morgan fingerprint density at radius 2 is 2.07 bits per heavy atom. The highest BCUT2D eigenvalue weighted by Crippen LogP contribution is 2.21. The number of methoxy groups -OCH3 is 1. The maximum absolute atomic E-state index is 5.81. The van der Waals surface area contributed by atoms with E-state index in [1.807, 2.05) is 31.3 Å². The fourth-order valence-corrected chi connectivity index (χ4v) is 2.24. The second-order valence-corrected chi connectivity index (χ2v) is 4.71. The van der Waals surface area contributed by atoms with Crippen LogP contribution in [0.5, 0.6) is 0 Å². The molecule has 1 rings (SSSR count). The lowest BCUT2D eigenvalue weighted by Crippen LogP contribution is -2.27. The van der Waals surface area contributed by atoms with Crippen molar-refractivity contribution in [1.82, 2.24) is 5.32 Å². The number of halogens is 1. The maximum atomic E-state index is 5.81. The third-order valence-corrected chi connectivity index (χ3v) is 3.41. The van der Waals surface area contributed by atoms with Gasteiger partial charge >= 0.3 is 0 Å². The minimum Gasteiger partial charge on any atom is -0.379 e. The molecule has 0 saturated heterocycles. The summed E-state index contributed by atoms with van der Waals surface area (Å²) >= 11 is 7.59. The van der Waals surface area contributed by atoms with E-state index in [0.29, 0.717) is 0 Å². The Kier molecular flexibility index (Phi) is 6.10. The molecule has 0 unspecified atom stereocenters. The van der Waals surface area contributed by atoms with E-state index >= 15 is 0 Å². The molecule has 0 aromatic heterocycles. The predicted octanol–water partition coefficient (Wildman–Crippen LogP) is 2.67. The van der Waals surface area contributed by atoms with Gasteiger partial charge in [0.05, 0.1) is 6.10 Å². The van der Waals surface area contributed by atoms with Crippen molar-refractivity contribution in [2.24, 2.45) is 0 Å². The Balaban J connectivity index is 2.38. The van der Waals surface area contributed by atoms with E-state index in [9.17, 15) is 0 Å². The molecule has 1 atom stereocenters. The standard InChI is InChI=1S/C11H16ClNOS/c1-13-7-10(14-2)8-15-11-5-3-9(12)4-6-11/h3-6,10,13H,7-8H2,1-2H3/t10-/m0/s1. The number of rotatable bonds is 6. The van der Waals surface area contributed by atoms with Gasteiger partial charge in [-0.1, -0.05) is 11.6 Å². The molecule has 1 aromatic rings. The molecule has 15 heavy (non-hydrogen) atoms. The molecule has 2 nitrogen and oxygen atoms in total. The fourth-order valence-electron chi connectivity index (χ4n) is 1.16. The average molecular weight is 246 g/mol. The van der Waals surface area contributed by atoms with E-state index in [4.69, 9.17) is 16.3 Å². The molecule has 0 radical (unpaired) electrons. The number of benzene rings is 1. The minimum atomic E-state index is 0.246. The summed E-state index contributed by atoms with van der Waals surface area (Å²) in [7, 11) is 3.67. The first-order valence-electron chi connectivity index (χ1n) is 4.82. The van der Waals surface area contributed by atoms with Gasteiger partial charge in [-0.3, -0.25) is 0 Å². The molecule has 0 aliphatic carbocycles. The number of hydrogen-bond acceptors (Lipinski definition) is 3. The normalized spacial score (nSPS) is 12.7. The Morgan fingerprint density at radius 1 is 1.40 bits per heavy atom. The summed E-state index contributed by atoms with van der Waals surface area (Å²) in [4.78, 5) is 1.22. The van der Waals surface area contributed by atoms with Gasteiger partial charge in [0.25, 0.3) is 0 Å². The number of ether oxygens (including phenoxy) is 1. The van der Waals surface area contributed by atoms with Gasteiger partial charge in [0, 0.05) is 29.3 Å². The molecule has 0 aliphatic heterocycles. The van der Waals surface area contributed by atoms with Gasteiger partial charge in [0.2, 0.25) is 0 Å². The third-order valence-electron chi connectivity index (χ3n) is 2.01. The highest BCUT2D eigenvalue weighted by atomic mass is 35.5. The summed E-state index contributed by atoms with van der Waals surface area (Å²) in [5, 5.41) is 3.88. The van der Waals surface area contributed by atoms with Crippen LogP contribution in [-0.4, -0.2) is 32.6 Å². The lowest BCUT2D eigenvalue weighted by Gasteiger charge is -2.13. The molecule has 0 amide bonds. The molecule has 84 valence electrons. The topological polar surface area (TPSA) is 21.3 Å². The molecule has 0 fully saturated rings. The quantitative estimate of drug-likeness (QED) is 0.779. The van der Waals surface area contributed by atoms with Crippen molar-refractivity contribution in [1.29, 1.82) is 0 Å². The summed E-state index contributed by atoms with van der Waals surface area (Å²) < 4.78 is 5.33. The van der Waals surface area contributed by atoms with Crippen molar-refractivity contribution in [3.8, 4) is 0 Å². The molecule has 0 bridgehead atoms. The van der Waals surface area contributed by atoms with Crippen molar-refractivity contribution in [2.45, 2.75) is 11.0 Å². The highest BCUT2D eigenvalue weighted by molar-refractivity contribution is 7.99. The van der Waals surface area contributed by atoms with Gasteiger partial charge in [-0.25, -0.2) is 0 Å². The largest absolute Gasteiger partial charge is 0.379 e. The van der Waals surface area contributed by atoms with Crippen molar-refractivity contribution >= 4 is 23.4 Å². The van der Waals surface area contributed by atoms with Crippen molar-refractivity contribution in [3.05, 3.63) is 29.3 Å². The van der Waals surface area contributed by atoms with Crippen LogP contribution in [0.1, 0.15) is 0 Å². The molecule has 1 N–H and O–H groups in total. The zero-order chi connectivity index (χ0) is 11.1. The summed E-state index contributed by atoms with van der Waals surface area (Å²) in [6.45, 7) is 0.872. The molecular weight excluding hydrogens is 230 g/mol. The van der Waals surface area contributed by atoms with Crippen LogP contribution in [-0.2, 0) is 4.74 Å². The zero-order valence-electron chi connectivity index (χ0n) is 9.00. The van der Waals surface area contributed by atoms with E-state index in [1.165, 1.54) is 4.90 Å². The van der Waals surface area contributed by atoms with Crippen LogP contribution in [0, 0.1) is 0 Å². The summed E-state index contributed by atoms with van der Waals surface area (Å²) in [5.74, 6) is 0.943. The van der Waals surface area contributed by atoms with Gasteiger partial charge in [0.15, 0.2) is 0 Å². The zero-order valence-corrected chi connectivity index (χ0v) is 10.6. The third kappa shape index (κ3) is 4.89. The lowest BCUT2D eigenvalue weighted by atomic mass is 10.4. The van der Waals surface area contributed by atoms with Gasteiger partial charge in [-0.15, -0.1) is 11.8 Å². The average Bonchev–Trinajstić information content (AvgIpc) is 2.26. The van der Waals surface area contributed by atoms with Crippen molar-refractivity contribution in [3.63, 3.8) is 0 Å². The summed E-state index contributed by atoms with van der Waals surface area (Å²) in [6.07, 6.45) is 0.246. The molecule has 0 aliphatic rings. The summed E-state index contributed by atoms with van der Waals surface area (Å²) in [6, 6.07) is 7.87. The second-order valence-electron chi connectivity index (χ2n) is 3.18. The first-order chi connectivity index (χ1) is 7.26. The van der Waals surface area contributed by atoms with E-state index in [2.05, 4.69) is 5.32 Å². The lowest BCUT2D eigenvalue weighted by molar-refractivity contribution is 0.123. The number of nitrogens with one attached hydrogen (secondary N) is 1. The van der Waals surface area contributed by atoms with E-state index in [-0.39, 0.29) is 6.10 Å². The Hall–Kier alpha value is -0.220. The summed E-state index contributed by atoms with van der Waals surface area (Å²) in [5.41, 5.74) is 0. The van der Waals surface area contributed by atoms with Crippen molar-refractivity contribution < 1.29 is 4.74 Å². The van der Waals surface area contributed by atoms with Crippen LogP contribution in [0.3, 0.4) is 0 Å². The number of hydrogen-bond donors (Lipinski definition) is 1. The minimum absolute atomic E-state index is 0.246. The van der Waals surface area contributed by atoms with Crippen LogP contribution in [0.15, 0.2) is 29.2 Å². The first kappa shape index (κ1) is 12.8. The molecule has 0 heterocycles. The highest BCUT2D eigenvalue weighted by Gasteiger charge is 2.06. The second kappa shape index (κ2) is 7.12. The van der Waals surface area contributed by atoms with Crippen LogP contribution in [0.2, 0.25) is 5.02 Å². The molecule has 4 heteroatoms. The Labute approximate surface area is 100 Å². The van der Waals surface area contributed by atoms with E-state index < -0.39 is 0 Å². The fraction of sp³-hybridized carbons (Fsp3) is 0.455. The maximum Gasteiger partial charge on any atom is 0.0789 e. The number of likely N-dealkylation sites (N-methyl/N-ethyl adjacent to an activating group) is 1. The monoisotopic (exact) mass is 245 g/mol. The molecule has 0 spiro atoms. The Morgan fingerprint density at radius 3 is 2.60 bits per heavy atom. The Bertz CT molecular complexity index is 278. The van der Waals surface area contributed by atoms with E-state index in [0.717, 1.165) is 17.3 Å². The van der Waals surface area contributed by atoms with Gasteiger partial charge < -0.3 is 10.1 Å². The molecule has 1 aromatic carbocycles. The van der Waals surface area contributed by atoms with Gasteiger partial charge in [-0.2, -0.15) is 0 Å². The van der Waals surface area contributed by atoms with Crippen LogP contribution in [0.4, 0.5) is 0 Å². The van der Waals surface area contributed by atoms with Crippen LogP contribution < -0.4 is 5.32 Å². The SMILES string of the molecule is CNC[C@@H](CSc1ccc(Cl)cc1)OC. The van der Waals surface area contributed by atoms with Gasteiger partial charge in [0.1, 0.15) is 0 Å².